The smallest absolute Gasteiger partial charge is 0.188 e. The van der Waals surface area contributed by atoms with Crippen molar-refractivity contribution in [1.82, 2.24) is 5.32 Å². The number of halogens is 2. The molecule has 3 N–H and O–H groups in total. The normalized spacial score (nSPS) is 16.8. The Bertz CT molecular complexity index is 481. The SMILES string of the molecule is CC(C)CCNC(N)=NCC1(c2ccc(F)cc2)CCC1.I. The maximum absolute atomic E-state index is 13.1. The van der Waals surface area contributed by atoms with Gasteiger partial charge in [-0.2, -0.15) is 0 Å². The highest BCUT2D eigenvalue weighted by Gasteiger charge is 2.38. The number of aliphatic imine (C=N–C) groups is 1. The summed E-state index contributed by atoms with van der Waals surface area (Å²) in [5.74, 6) is 0.984. The summed E-state index contributed by atoms with van der Waals surface area (Å²) in [5.41, 5.74) is 7.16. The van der Waals surface area contributed by atoms with Gasteiger partial charge < -0.3 is 11.1 Å². The molecule has 0 radical (unpaired) electrons. The molecule has 124 valence electrons. The van der Waals surface area contributed by atoms with Crippen LogP contribution in [0.3, 0.4) is 0 Å². The van der Waals surface area contributed by atoms with Crippen molar-refractivity contribution in [2.75, 3.05) is 13.1 Å². The summed E-state index contributed by atoms with van der Waals surface area (Å²) < 4.78 is 13.1. The van der Waals surface area contributed by atoms with Crippen LogP contribution in [0.5, 0.6) is 0 Å². The summed E-state index contributed by atoms with van der Waals surface area (Å²) in [7, 11) is 0. The molecule has 0 spiro atoms. The van der Waals surface area contributed by atoms with E-state index in [-0.39, 0.29) is 35.2 Å². The minimum atomic E-state index is -0.188. The molecule has 1 aliphatic rings. The third-order valence-corrected chi connectivity index (χ3v) is 4.35. The Morgan fingerprint density at radius 2 is 1.95 bits per heavy atom. The highest BCUT2D eigenvalue weighted by molar-refractivity contribution is 14.0. The van der Waals surface area contributed by atoms with Gasteiger partial charge in [0.1, 0.15) is 5.82 Å². The third-order valence-electron chi connectivity index (χ3n) is 4.35. The van der Waals surface area contributed by atoms with Crippen LogP contribution in [0.4, 0.5) is 4.39 Å². The van der Waals surface area contributed by atoms with Gasteiger partial charge in [0.2, 0.25) is 0 Å². The lowest BCUT2D eigenvalue weighted by atomic mass is 9.64. The summed E-state index contributed by atoms with van der Waals surface area (Å²) in [6, 6.07) is 6.82. The second-order valence-corrected chi connectivity index (χ2v) is 6.45. The van der Waals surface area contributed by atoms with Gasteiger partial charge in [-0.15, -0.1) is 24.0 Å². The Morgan fingerprint density at radius 3 is 2.45 bits per heavy atom. The zero-order chi connectivity index (χ0) is 15.3. The number of benzene rings is 1. The molecule has 5 heteroatoms. The van der Waals surface area contributed by atoms with E-state index in [2.05, 4.69) is 24.2 Å². The van der Waals surface area contributed by atoms with Gasteiger partial charge in [0, 0.05) is 12.0 Å². The fraction of sp³-hybridized carbons (Fsp3) is 0.588. The Kier molecular flexibility index (Phi) is 7.59. The predicted octanol–water partition coefficient (Wildman–Crippen LogP) is 3.82. The van der Waals surface area contributed by atoms with Gasteiger partial charge in [-0.1, -0.05) is 32.4 Å². The largest absolute Gasteiger partial charge is 0.370 e. The topological polar surface area (TPSA) is 50.4 Å². The van der Waals surface area contributed by atoms with Crippen LogP contribution in [0, 0.1) is 11.7 Å². The summed E-state index contributed by atoms with van der Waals surface area (Å²) in [6.45, 7) is 5.91. The van der Waals surface area contributed by atoms with Crippen molar-refractivity contribution in [3.05, 3.63) is 35.6 Å². The van der Waals surface area contributed by atoms with Gasteiger partial charge in [0.25, 0.3) is 0 Å². The monoisotopic (exact) mass is 419 g/mol. The molecular weight excluding hydrogens is 392 g/mol. The van der Waals surface area contributed by atoms with Crippen LogP contribution in [-0.4, -0.2) is 19.0 Å². The highest BCUT2D eigenvalue weighted by Crippen LogP contribution is 2.43. The van der Waals surface area contributed by atoms with E-state index in [1.54, 1.807) is 0 Å². The first-order valence-electron chi connectivity index (χ1n) is 7.82. The van der Waals surface area contributed by atoms with E-state index in [1.807, 2.05) is 12.1 Å². The van der Waals surface area contributed by atoms with Crippen LogP contribution in [0.2, 0.25) is 0 Å². The van der Waals surface area contributed by atoms with E-state index >= 15 is 0 Å². The molecule has 1 aliphatic carbocycles. The average molecular weight is 419 g/mol. The minimum Gasteiger partial charge on any atom is -0.370 e. The lowest BCUT2D eigenvalue weighted by molar-refractivity contribution is 0.253. The van der Waals surface area contributed by atoms with Crippen LogP contribution < -0.4 is 11.1 Å². The minimum absolute atomic E-state index is 0. The lowest BCUT2D eigenvalue weighted by Gasteiger charge is -2.41. The molecule has 1 aromatic carbocycles. The van der Waals surface area contributed by atoms with Crippen molar-refractivity contribution in [3.63, 3.8) is 0 Å². The average Bonchev–Trinajstić information content (AvgIpc) is 2.39. The van der Waals surface area contributed by atoms with Gasteiger partial charge in [0.15, 0.2) is 5.96 Å². The Hall–Kier alpha value is -0.850. The number of guanidine groups is 1. The lowest BCUT2D eigenvalue weighted by Crippen LogP contribution is -2.40. The van der Waals surface area contributed by atoms with Crippen LogP contribution in [0.25, 0.3) is 0 Å². The van der Waals surface area contributed by atoms with Crippen molar-refractivity contribution in [1.29, 1.82) is 0 Å². The molecule has 0 aromatic heterocycles. The van der Waals surface area contributed by atoms with Crippen LogP contribution in [0.1, 0.15) is 45.1 Å². The number of nitrogens with zero attached hydrogens (tertiary/aromatic N) is 1. The van der Waals surface area contributed by atoms with E-state index in [9.17, 15) is 4.39 Å². The van der Waals surface area contributed by atoms with E-state index in [1.165, 1.54) is 24.1 Å². The fourth-order valence-electron chi connectivity index (χ4n) is 2.73. The molecular formula is C17H27FIN3. The van der Waals surface area contributed by atoms with Gasteiger partial charge in [0.05, 0.1) is 6.54 Å². The molecule has 0 aliphatic heterocycles. The molecule has 0 amide bonds. The number of nitrogens with two attached hydrogens (primary N) is 1. The summed E-state index contributed by atoms with van der Waals surface area (Å²) in [6.07, 6.45) is 4.48. The van der Waals surface area contributed by atoms with E-state index < -0.39 is 0 Å². The Labute approximate surface area is 150 Å². The molecule has 1 saturated carbocycles. The maximum atomic E-state index is 13.1. The Balaban J connectivity index is 0.00000242. The van der Waals surface area contributed by atoms with Crippen molar-refractivity contribution in [2.24, 2.45) is 16.6 Å². The fourth-order valence-corrected chi connectivity index (χ4v) is 2.73. The summed E-state index contributed by atoms with van der Waals surface area (Å²) in [4.78, 5) is 4.50. The molecule has 3 nitrogen and oxygen atoms in total. The number of nitrogens with one attached hydrogen (secondary N) is 1. The first kappa shape index (κ1) is 19.2. The molecule has 1 fully saturated rings. The summed E-state index contributed by atoms with van der Waals surface area (Å²) in [5, 5.41) is 3.16. The van der Waals surface area contributed by atoms with Crippen molar-refractivity contribution < 1.29 is 4.39 Å². The standard InChI is InChI=1S/C17H26FN3.HI/c1-13(2)8-11-20-16(19)21-12-17(9-3-10-17)14-4-6-15(18)7-5-14;/h4-7,13H,3,8-12H2,1-2H3,(H3,19,20,21);1H. The Morgan fingerprint density at radius 1 is 1.32 bits per heavy atom. The molecule has 0 unspecified atom stereocenters. The molecule has 0 atom stereocenters. The quantitative estimate of drug-likeness (QED) is 0.419. The first-order chi connectivity index (χ1) is 10.0. The van der Waals surface area contributed by atoms with Crippen LogP contribution in [0.15, 0.2) is 29.3 Å². The molecule has 0 heterocycles. The van der Waals surface area contributed by atoms with Crippen LogP contribution >= 0.6 is 24.0 Å². The highest BCUT2D eigenvalue weighted by atomic mass is 127. The zero-order valence-electron chi connectivity index (χ0n) is 13.4. The zero-order valence-corrected chi connectivity index (χ0v) is 15.8. The second kappa shape index (κ2) is 8.70. The van der Waals surface area contributed by atoms with Crippen LogP contribution in [-0.2, 0) is 5.41 Å². The molecule has 1 aromatic rings. The number of rotatable bonds is 6. The van der Waals surface area contributed by atoms with Crippen molar-refractivity contribution >= 4 is 29.9 Å². The summed E-state index contributed by atoms with van der Waals surface area (Å²) >= 11 is 0. The van der Waals surface area contributed by atoms with Crippen molar-refractivity contribution in [3.8, 4) is 0 Å². The van der Waals surface area contributed by atoms with Gasteiger partial charge in [-0.05, 0) is 42.9 Å². The van der Waals surface area contributed by atoms with E-state index in [0.29, 0.717) is 18.4 Å². The first-order valence-corrected chi connectivity index (χ1v) is 7.82. The molecule has 2 rings (SSSR count). The molecule has 22 heavy (non-hydrogen) atoms. The number of hydrogen-bond acceptors (Lipinski definition) is 1. The maximum Gasteiger partial charge on any atom is 0.188 e. The van der Waals surface area contributed by atoms with Gasteiger partial charge in [-0.25, -0.2) is 4.39 Å². The third kappa shape index (κ3) is 5.11. The van der Waals surface area contributed by atoms with Crippen molar-refractivity contribution in [2.45, 2.75) is 44.9 Å². The van der Waals surface area contributed by atoms with E-state index in [0.717, 1.165) is 25.8 Å². The second-order valence-electron chi connectivity index (χ2n) is 6.45. The molecule has 0 bridgehead atoms. The predicted molar refractivity (Wildman–Crippen MR) is 101 cm³/mol. The van der Waals surface area contributed by atoms with Gasteiger partial charge >= 0.3 is 0 Å². The van der Waals surface area contributed by atoms with Gasteiger partial charge in [-0.3, -0.25) is 4.99 Å². The number of hydrogen-bond donors (Lipinski definition) is 2. The van der Waals surface area contributed by atoms with E-state index in [4.69, 9.17) is 5.73 Å². The molecule has 0 saturated heterocycles.